The molecule has 0 aromatic heterocycles. The lowest BCUT2D eigenvalue weighted by atomic mass is 9.84. The second kappa shape index (κ2) is 4.21. The van der Waals surface area contributed by atoms with Gasteiger partial charge in [0.2, 0.25) is 0 Å². The number of nitrogens with zero attached hydrogens (tertiary/aromatic N) is 3. The Kier molecular flexibility index (Phi) is 3.37. The number of hydrogen-bond acceptors (Lipinski definition) is 3. The van der Waals surface area contributed by atoms with Crippen molar-refractivity contribution in [2.45, 2.75) is 45.8 Å². The first kappa shape index (κ1) is 12.0. The molecule has 84 valence electrons. The molecule has 1 aliphatic rings. The van der Waals surface area contributed by atoms with Gasteiger partial charge >= 0.3 is 0 Å². The Morgan fingerprint density at radius 3 is 2.73 bits per heavy atom. The van der Waals surface area contributed by atoms with Gasteiger partial charge in [-0.15, -0.1) is 0 Å². The number of rotatable bonds is 1. The van der Waals surface area contributed by atoms with E-state index in [1.54, 1.807) is 6.92 Å². The Bertz CT molecular complexity index is 308. The second-order valence-electron chi connectivity index (χ2n) is 5.06. The van der Waals surface area contributed by atoms with Gasteiger partial charge in [0.05, 0.1) is 12.1 Å². The molecule has 5 nitrogen and oxygen atoms in total. The molecule has 0 heterocycles. The normalized spacial score (nSPS) is 35.5. The van der Waals surface area contributed by atoms with Crippen molar-refractivity contribution in [3.05, 3.63) is 10.4 Å². The van der Waals surface area contributed by atoms with E-state index in [0.29, 0.717) is 12.8 Å². The monoisotopic (exact) mass is 211 g/mol. The van der Waals surface area contributed by atoms with E-state index >= 15 is 0 Å². The Hall–Kier alpha value is -1.06. The molecule has 1 aliphatic carbocycles. The molecule has 0 aromatic rings. The minimum Gasteiger partial charge on any atom is -0.393 e. The highest BCUT2D eigenvalue weighted by Gasteiger charge is 2.39. The summed E-state index contributed by atoms with van der Waals surface area (Å²) in [6.45, 7) is 5.60. The Labute approximate surface area is 89.1 Å². The van der Waals surface area contributed by atoms with Gasteiger partial charge in [-0.2, -0.15) is 0 Å². The highest BCUT2D eigenvalue weighted by atomic mass is 16.3. The van der Waals surface area contributed by atoms with Crippen molar-refractivity contribution < 1.29 is 9.90 Å². The van der Waals surface area contributed by atoms with Crippen molar-refractivity contribution in [1.82, 2.24) is 0 Å². The summed E-state index contributed by atoms with van der Waals surface area (Å²) in [5.74, 6) is -0.327. The number of carbonyl (C=O) groups is 1. The van der Waals surface area contributed by atoms with E-state index in [1.165, 1.54) is 0 Å². The third-order valence-corrected chi connectivity index (χ3v) is 3.01. The van der Waals surface area contributed by atoms with Crippen molar-refractivity contribution in [2.24, 2.45) is 16.4 Å². The summed E-state index contributed by atoms with van der Waals surface area (Å²) in [4.78, 5) is 14.5. The summed E-state index contributed by atoms with van der Waals surface area (Å²) in [7, 11) is 0. The summed E-state index contributed by atoms with van der Waals surface area (Å²) in [5.41, 5.74) is 8.18. The quantitative estimate of drug-likeness (QED) is 0.311. The third-order valence-electron chi connectivity index (χ3n) is 3.01. The van der Waals surface area contributed by atoms with E-state index in [9.17, 15) is 9.90 Å². The van der Waals surface area contributed by atoms with Crippen LogP contribution in [0.3, 0.4) is 0 Å². The van der Waals surface area contributed by atoms with Crippen molar-refractivity contribution in [3.8, 4) is 0 Å². The molecule has 5 heteroatoms. The fourth-order valence-electron chi connectivity index (χ4n) is 2.15. The summed E-state index contributed by atoms with van der Waals surface area (Å²) in [6.07, 6.45) is 0.201. The number of aliphatic hydroxyl groups is 1. The van der Waals surface area contributed by atoms with Crippen molar-refractivity contribution in [2.75, 3.05) is 0 Å². The molecule has 0 saturated heterocycles. The molecule has 1 rings (SSSR count). The molecule has 0 spiro atoms. The maximum Gasteiger partial charge on any atom is 0.136 e. The zero-order valence-corrected chi connectivity index (χ0v) is 9.34. The second-order valence-corrected chi connectivity index (χ2v) is 5.06. The van der Waals surface area contributed by atoms with Crippen LogP contribution in [0.15, 0.2) is 5.11 Å². The molecule has 1 saturated carbocycles. The van der Waals surface area contributed by atoms with Gasteiger partial charge in [0.25, 0.3) is 0 Å². The molecule has 0 radical (unpaired) electrons. The minimum atomic E-state index is -0.725. The lowest BCUT2D eigenvalue weighted by molar-refractivity contribution is -0.124. The van der Waals surface area contributed by atoms with E-state index in [2.05, 4.69) is 10.0 Å². The van der Waals surface area contributed by atoms with Crippen LogP contribution >= 0.6 is 0 Å². The Morgan fingerprint density at radius 1 is 1.60 bits per heavy atom. The minimum absolute atomic E-state index is 0.0638. The summed E-state index contributed by atoms with van der Waals surface area (Å²) < 4.78 is 0. The fourth-order valence-corrected chi connectivity index (χ4v) is 2.15. The van der Waals surface area contributed by atoms with Crippen LogP contribution in [0, 0.1) is 11.3 Å². The average Bonchev–Trinajstić information content (AvgIpc) is 2.16. The Morgan fingerprint density at radius 2 is 2.20 bits per heavy atom. The van der Waals surface area contributed by atoms with Crippen LogP contribution in [-0.2, 0) is 4.79 Å². The first-order valence-corrected chi connectivity index (χ1v) is 5.12. The maximum atomic E-state index is 11.8. The molecule has 15 heavy (non-hydrogen) atoms. The smallest absolute Gasteiger partial charge is 0.136 e. The third kappa shape index (κ3) is 2.70. The standard InChI is InChI=1S/C10H17N3O2/c1-6-7(14)4-10(2,3)5-8(15)9(6)12-13-11/h6,8-9,15H,4-5H2,1-3H3. The SMILES string of the molecule is CC1C(=O)CC(C)(C)CC(O)C1N=[N+]=[N-]. The van der Waals surface area contributed by atoms with Gasteiger partial charge in [-0.1, -0.05) is 25.9 Å². The van der Waals surface area contributed by atoms with Crippen LogP contribution in [0.4, 0.5) is 0 Å². The van der Waals surface area contributed by atoms with Gasteiger partial charge in [0.1, 0.15) is 5.78 Å². The van der Waals surface area contributed by atoms with Gasteiger partial charge in [-0.3, -0.25) is 4.79 Å². The summed E-state index contributed by atoms with van der Waals surface area (Å²) >= 11 is 0. The molecule has 3 unspecified atom stereocenters. The van der Waals surface area contributed by atoms with E-state index < -0.39 is 18.1 Å². The fraction of sp³-hybridized carbons (Fsp3) is 0.900. The highest BCUT2D eigenvalue weighted by Crippen LogP contribution is 2.35. The van der Waals surface area contributed by atoms with Crippen LogP contribution < -0.4 is 0 Å². The summed E-state index contributed by atoms with van der Waals surface area (Å²) in [5, 5.41) is 13.4. The lowest BCUT2D eigenvalue weighted by Gasteiger charge is -2.24. The number of ketones is 1. The van der Waals surface area contributed by atoms with Crippen LogP contribution in [0.2, 0.25) is 0 Å². The molecule has 3 atom stereocenters. The topological polar surface area (TPSA) is 86.1 Å². The largest absolute Gasteiger partial charge is 0.393 e. The molecule has 0 amide bonds. The molecule has 0 aliphatic heterocycles. The molecular weight excluding hydrogens is 194 g/mol. The number of carbonyl (C=O) groups excluding carboxylic acids is 1. The maximum absolute atomic E-state index is 11.8. The lowest BCUT2D eigenvalue weighted by Crippen LogP contribution is -2.32. The van der Waals surface area contributed by atoms with Gasteiger partial charge in [0, 0.05) is 17.3 Å². The highest BCUT2D eigenvalue weighted by molar-refractivity contribution is 5.82. The molecular formula is C10H17N3O2. The number of Topliss-reactive ketones (excluding diaryl/α,β-unsaturated/α-hetero) is 1. The zero-order chi connectivity index (χ0) is 11.6. The van der Waals surface area contributed by atoms with Gasteiger partial charge in [-0.25, -0.2) is 0 Å². The average molecular weight is 211 g/mol. The van der Waals surface area contributed by atoms with Gasteiger partial charge < -0.3 is 5.11 Å². The molecule has 1 N–H and O–H groups in total. The number of azide groups is 1. The van der Waals surface area contributed by atoms with Crippen molar-refractivity contribution in [3.63, 3.8) is 0 Å². The van der Waals surface area contributed by atoms with E-state index in [0.717, 1.165) is 0 Å². The predicted molar refractivity (Wildman–Crippen MR) is 56.1 cm³/mol. The number of hydrogen-bond donors (Lipinski definition) is 1. The first-order chi connectivity index (χ1) is 6.87. The van der Waals surface area contributed by atoms with Crippen molar-refractivity contribution >= 4 is 5.78 Å². The van der Waals surface area contributed by atoms with Gasteiger partial charge in [-0.05, 0) is 17.4 Å². The van der Waals surface area contributed by atoms with Crippen LogP contribution in [0.25, 0.3) is 10.4 Å². The number of aliphatic hydroxyl groups excluding tert-OH is 1. The van der Waals surface area contributed by atoms with Crippen LogP contribution in [0.5, 0.6) is 0 Å². The van der Waals surface area contributed by atoms with Crippen molar-refractivity contribution in [1.29, 1.82) is 0 Å². The van der Waals surface area contributed by atoms with Crippen LogP contribution in [0.1, 0.15) is 33.6 Å². The van der Waals surface area contributed by atoms with Crippen LogP contribution in [-0.4, -0.2) is 23.0 Å². The predicted octanol–water partition coefficient (Wildman–Crippen LogP) is 2.05. The molecule has 0 aromatic carbocycles. The Balaban J connectivity index is 2.99. The van der Waals surface area contributed by atoms with E-state index in [1.807, 2.05) is 13.8 Å². The van der Waals surface area contributed by atoms with E-state index in [4.69, 9.17) is 5.53 Å². The zero-order valence-electron chi connectivity index (χ0n) is 9.34. The summed E-state index contributed by atoms with van der Waals surface area (Å²) in [6, 6.07) is -0.621. The van der Waals surface area contributed by atoms with E-state index in [-0.39, 0.29) is 11.2 Å². The first-order valence-electron chi connectivity index (χ1n) is 5.12. The molecule has 0 bridgehead atoms. The van der Waals surface area contributed by atoms with Gasteiger partial charge in [0.15, 0.2) is 0 Å². The molecule has 1 fully saturated rings.